The first-order chi connectivity index (χ1) is 15.4. The summed E-state index contributed by atoms with van der Waals surface area (Å²) in [5, 5.41) is 14.1. The Labute approximate surface area is 197 Å². The van der Waals surface area contributed by atoms with Crippen LogP contribution in [0.1, 0.15) is 26.0 Å². The van der Waals surface area contributed by atoms with Crippen LogP contribution < -0.4 is 16.0 Å². The van der Waals surface area contributed by atoms with Crippen molar-refractivity contribution >= 4 is 67.6 Å². The molecule has 2 aromatic carbocycles. The predicted molar refractivity (Wildman–Crippen MR) is 133 cm³/mol. The van der Waals surface area contributed by atoms with E-state index in [1.54, 1.807) is 11.8 Å². The third-order valence-corrected chi connectivity index (χ3v) is 8.17. The van der Waals surface area contributed by atoms with E-state index in [9.17, 15) is 14.9 Å². The highest BCUT2D eigenvalue weighted by Crippen LogP contribution is 2.54. The number of carbonyl (C=O) groups excluding carboxylic acids is 1. The Morgan fingerprint density at radius 3 is 2.59 bits per heavy atom. The maximum Gasteiger partial charge on any atom is 0.269 e. The molecule has 0 spiro atoms. The van der Waals surface area contributed by atoms with Crippen LogP contribution in [0.2, 0.25) is 0 Å². The molecule has 0 radical (unpaired) electrons. The largest absolute Gasteiger partial charge is 0.390 e. The minimum Gasteiger partial charge on any atom is -0.390 e. The summed E-state index contributed by atoms with van der Waals surface area (Å²) in [6.07, 6.45) is 2.69. The quantitative estimate of drug-likeness (QED) is 0.288. The van der Waals surface area contributed by atoms with Crippen LogP contribution in [0.25, 0.3) is 0 Å². The molecule has 1 amide bonds. The Hall–Kier alpha value is -3.21. The second kappa shape index (κ2) is 8.05. The number of non-ortho nitro benzene ring substituents is 1. The third kappa shape index (κ3) is 3.46. The number of amides is 1. The summed E-state index contributed by atoms with van der Waals surface area (Å²) in [5.41, 5.74) is 10.2. The Kier molecular flexibility index (Phi) is 5.20. The number of para-hydroxylation sites is 1. The summed E-state index contributed by atoms with van der Waals surface area (Å²) in [4.78, 5) is 26.5. The number of anilines is 3. The van der Waals surface area contributed by atoms with Crippen molar-refractivity contribution in [3.8, 4) is 0 Å². The number of hydrogen-bond acceptors (Lipinski definition) is 7. The number of nitrogens with one attached hydrogen (secondary N) is 1. The van der Waals surface area contributed by atoms with Gasteiger partial charge in [-0.25, -0.2) is 0 Å². The van der Waals surface area contributed by atoms with Crippen molar-refractivity contribution < 1.29 is 9.72 Å². The van der Waals surface area contributed by atoms with Gasteiger partial charge in [0.1, 0.15) is 4.32 Å². The zero-order chi connectivity index (χ0) is 22.4. The van der Waals surface area contributed by atoms with Gasteiger partial charge in [-0.1, -0.05) is 48.3 Å². The van der Waals surface area contributed by atoms with E-state index in [2.05, 4.69) is 16.3 Å². The molecule has 1 aromatic heterocycles. The van der Waals surface area contributed by atoms with Crippen molar-refractivity contribution in [2.24, 2.45) is 0 Å². The molecule has 1 aliphatic heterocycles. The number of allylic oxidation sites excluding steroid dienone is 1. The van der Waals surface area contributed by atoms with Gasteiger partial charge in [0, 0.05) is 34.1 Å². The fourth-order valence-electron chi connectivity index (χ4n) is 3.89. The van der Waals surface area contributed by atoms with Gasteiger partial charge in [-0.15, -0.1) is 11.3 Å². The molecule has 1 unspecified atom stereocenters. The van der Waals surface area contributed by atoms with Gasteiger partial charge in [0.25, 0.3) is 11.6 Å². The number of nitro benzene ring substituents is 1. The molecule has 10 heteroatoms. The number of carbonyl (C=O) groups is 1. The highest BCUT2D eigenvalue weighted by atomic mass is 32.2. The number of benzene rings is 2. The minimum atomic E-state index is -0.481. The molecule has 1 aliphatic carbocycles. The van der Waals surface area contributed by atoms with Gasteiger partial charge in [-0.05, 0) is 36.2 Å². The molecule has 1 fully saturated rings. The van der Waals surface area contributed by atoms with Gasteiger partial charge in [0.2, 0.25) is 0 Å². The standard InChI is InChI=1S/C22H16N4O3S3/c23-20-17(21(27)24-12-6-8-14(9-7-12)26(28)29)15-10-11-16-19(18(15)31-20)32-22(30)25(16)13-4-2-1-3-5-13/h1-9,11,19H,10,23H2,(H,24,27). The molecular weight excluding hydrogens is 464 g/mol. The van der Waals surface area contributed by atoms with Crippen LogP contribution in [0.5, 0.6) is 0 Å². The van der Waals surface area contributed by atoms with E-state index in [1.807, 2.05) is 30.3 Å². The first-order valence-electron chi connectivity index (χ1n) is 9.66. The number of nitro groups is 1. The van der Waals surface area contributed by atoms with Crippen molar-refractivity contribution in [2.45, 2.75) is 11.7 Å². The lowest BCUT2D eigenvalue weighted by atomic mass is 9.97. The van der Waals surface area contributed by atoms with Crippen LogP contribution in [-0.2, 0) is 6.42 Å². The van der Waals surface area contributed by atoms with Gasteiger partial charge >= 0.3 is 0 Å². The molecule has 3 aromatic rings. The zero-order valence-electron chi connectivity index (χ0n) is 16.5. The Balaban J connectivity index is 1.44. The summed E-state index contributed by atoms with van der Waals surface area (Å²) in [5.74, 6) is -0.323. The Bertz CT molecular complexity index is 1290. The smallest absolute Gasteiger partial charge is 0.269 e. The maximum atomic E-state index is 13.0. The number of nitrogens with two attached hydrogens (primary N) is 1. The molecule has 5 rings (SSSR count). The maximum absolute atomic E-state index is 13.0. The number of hydrogen-bond donors (Lipinski definition) is 2. The van der Waals surface area contributed by atoms with E-state index in [0.29, 0.717) is 22.7 Å². The third-order valence-electron chi connectivity index (χ3n) is 5.32. The summed E-state index contributed by atoms with van der Waals surface area (Å²) >= 11 is 8.67. The van der Waals surface area contributed by atoms with Crippen LogP contribution in [0.3, 0.4) is 0 Å². The van der Waals surface area contributed by atoms with Crippen LogP contribution in [0, 0.1) is 10.1 Å². The fourth-order valence-corrected chi connectivity index (χ4v) is 6.86. The molecular formula is C22H16N4O3S3. The normalized spacial score (nSPS) is 16.9. The van der Waals surface area contributed by atoms with E-state index in [4.69, 9.17) is 18.0 Å². The number of fused-ring (bicyclic) bond motifs is 3. The highest BCUT2D eigenvalue weighted by molar-refractivity contribution is 8.24. The summed E-state index contributed by atoms with van der Waals surface area (Å²) < 4.78 is 0.768. The lowest BCUT2D eigenvalue weighted by Gasteiger charge is -2.24. The van der Waals surface area contributed by atoms with Gasteiger partial charge in [-0.3, -0.25) is 19.8 Å². The lowest BCUT2D eigenvalue weighted by Crippen LogP contribution is -2.22. The number of thiophene rings is 1. The predicted octanol–water partition coefficient (Wildman–Crippen LogP) is 5.51. The molecule has 0 saturated carbocycles. The SMILES string of the molecule is Nc1sc2c(c1C(=O)Nc1ccc([N+](=O)[O-])cc1)CC=C1C2SC(=S)N1c1ccccc1. The first kappa shape index (κ1) is 20.7. The van der Waals surface area contributed by atoms with Gasteiger partial charge in [-0.2, -0.15) is 0 Å². The van der Waals surface area contributed by atoms with Gasteiger partial charge in [0.05, 0.1) is 20.7 Å². The molecule has 1 atom stereocenters. The number of thioether (sulfide) groups is 1. The van der Waals surface area contributed by atoms with Crippen molar-refractivity contribution in [3.63, 3.8) is 0 Å². The number of rotatable bonds is 4. The molecule has 2 heterocycles. The van der Waals surface area contributed by atoms with Crippen LogP contribution in [-0.4, -0.2) is 15.2 Å². The van der Waals surface area contributed by atoms with Crippen LogP contribution in [0.4, 0.5) is 22.1 Å². The van der Waals surface area contributed by atoms with E-state index < -0.39 is 4.92 Å². The fraction of sp³-hybridized carbons (Fsp3) is 0.0909. The average molecular weight is 481 g/mol. The Morgan fingerprint density at radius 2 is 1.91 bits per heavy atom. The number of nitrogen functional groups attached to an aromatic ring is 1. The molecule has 7 nitrogen and oxygen atoms in total. The summed E-state index contributed by atoms with van der Waals surface area (Å²) in [6.45, 7) is 0. The van der Waals surface area contributed by atoms with Crippen molar-refractivity contribution in [1.29, 1.82) is 0 Å². The van der Waals surface area contributed by atoms with E-state index in [1.165, 1.54) is 35.6 Å². The van der Waals surface area contributed by atoms with E-state index in [0.717, 1.165) is 26.1 Å². The second-order valence-electron chi connectivity index (χ2n) is 7.21. The molecule has 3 N–H and O–H groups in total. The molecule has 2 aliphatic rings. The first-order valence-corrected chi connectivity index (χ1v) is 11.8. The molecule has 32 heavy (non-hydrogen) atoms. The monoisotopic (exact) mass is 480 g/mol. The van der Waals surface area contributed by atoms with Crippen LogP contribution >= 0.6 is 35.3 Å². The zero-order valence-corrected chi connectivity index (χ0v) is 18.9. The van der Waals surface area contributed by atoms with Gasteiger partial charge in [0.15, 0.2) is 0 Å². The average Bonchev–Trinajstić information content (AvgIpc) is 3.30. The molecule has 160 valence electrons. The summed E-state index contributed by atoms with van der Waals surface area (Å²) in [7, 11) is 0. The topological polar surface area (TPSA) is 102 Å². The number of nitrogens with zero attached hydrogens (tertiary/aromatic N) is 2. The number of thiocarbonyl (C=S) groups is 1. The van der Waals surface area contributed by atoms with E-state index in [-0.39, 0.29) is 16.8 Å². The highest BCUT2D eigenvalue weighted by Gasteiger charge is 2.41. The van der Waals surface area contributed by atoms with E-state index >= 15 is 0 Å². The molecule has 0 bridgehead atoms. The van der Waals surface area contributed by atoms with Crippen molar-refractivity contribution in [2.75, 3.05) is 16.0 Å². The Morgan fingerprint density at radius 1 is 1.19 bits per heavy atom. The van der Waals surface area contributed by atoms with Crippen molar-refractivity contribution in [1.82, 2.24) is 0 Å². The second-order valence-corrected chi connectivity index (χ2v) is 10.0. The van der Waals surface area contributed by atoms with Crippen LogP contribution in [0.15, 0.2) is 66.4 Å². The van der Waals surface area contributed by atoms with Crippen molar-refractivity contribution in [3.05, 3.63) is 92.5 Å². The minimum absolute atomic E-state index is 0.000295. The molecule has 1 saturated heterocycles. The lowest BCUT2D eigenvalue weighted by molar-refractivity contribution is -0.384. The van der Waals surface area contributed by atoms with Gasteiger partial charge < -0.3 is 11.1 Å². The summed E-state index contributed by atoms with van der Waals surface area (Å²) in [6, 6.07) is 15.7.